The van der Waals surface area contributed by atoms with Gasteiger partial charge in [0.1, 0.15) is 0 Å². The minimum atomic E-state index is 0.0704. The molecule has 5 rings (SSSR count). The molecule has 0 fully saturated rings. The van der Waals surface area contributed by atoms with Crippen LogP contribution in [0.3, 0.4) is 0 Å². The Balaban J connectivity index is 1.79. The van der Waals surface area contributed by atoms with Crippen LogP contribution in [0.15, 0.2) is 60.7 Å². The first-order valence-electron chi connectivity index (χ1n) is 8.75. The monoisotopic (exact) mass is 325 g/mol. The van der Waals surface area contributed by atoms with Crippen LogP contribution < -0.4 is 0 Å². The van der Waals surface area contributed by atoms with Gasteiger partial charge < -0.3 is 4.90 Å². The highest BCUT2D eigenvalue weighted by atomic mass is 16.2. The number of rotatable bonds is 1. The molecule has 0 bridgehead atoms. The lowest BCUT2D eigenvalue weighted by atomic mass is 9.86. The second-order valence-corrected chi connectivity index (χ2v) is 7.05. The van der Waals surface area contributed by atoms with E-state index in [4.69, 9.17) is 0 Å². The molecule has 1 amide bonds. The number of hydrogen-bond acceptors (Lipinski definition) is 1. The maximum absolute atomic E-state index is 12.9. The summed E-state index contributed by atoms with van der Waals surface area (Å²) in [4.78, 5) is 15.0. The Kier molecular flexibility index (Phi) is 2.93. The van der Waals surface area contributed by atoms with Gasteiger partial charge in [0.15, 0.2) is 0 Å². The third kappa shape index (κ3) is 1.88. The molecule has 122 valence electrons. The van der Waals surface area contributed by atoms with E-state index in [1.807, 2.05) is 29.2 Å². The van der Waals surface area contributed by atoms with E-state index in [1.54, 1.807) is 0 Å². The quantitative estimate of drug-likeness (QED) is 0.614. The van der Waals surface area contributed by atoms with Gasteiger partial charge in [0, 0.05) is 12.1 Å². The first-order valence-corrected chi connectivity index (χ1v) is 8.75. The zero-order valence-electron chi connectivity index (χ0n) is 14.4. The summed E-state index contributed by atoms with van der Waals surface area (Å²) in [6.45, 7) is 5.06. The number of benzene rings is 3. The molecule has 2 heteroatoms. The summed E-state index contributed by atoms with van der Waals surface area (Å²) in [5, 5.41) is 0. The predicted molar refractivity (Wildman–Crippen MR) is 99.5 cm³/mol. The van der Waals surface area contributed by atoms with Crippen LogP contribution in [0.1, 0.15) is 44.2 Å². The average Bonchev–Trinajstić information content (AvgIpc) is 3.16. The maximum Gasteiger partial charge on any atom is 0.255 e. The highest BCUT2D eigenvalue weighted by molar-refractivity contribution is 6.01. The smallest absolute Gasteiger partial charge is 0.255 e. The van der Waals surface area contributed by atoms with E-state index in [-0.39, 0.29) is 11.9 Å². The molecule has 0 aliphatic carbocycles. The van der Waals surface area contributed by atoms with Crippen LogP contribution in [0.25, 0.3) is 11.1 Å². The predicted octanol–water partition coefficient (Wildman–Crippen LogP) is 5.03. The molecule has 2 heterocycles. The highest BCUT2D eigenvalue weighted by Gasteiger charge is 2.44. The molecule has 3 aromatic carbocycles. The molecular formula is C23H19NO. The molecule has 25 heavy (non-hydrogen) atoms. The molecule has 0 aromatic heterocycles. The Labute approximate surface area is 147 Å². The minimum Gasteiger partial charge on any atom is -0.323 e. The number of carbonyl (C=O) groups is 1. The molecule has 0 spiro atoms. The van der Waals surface area contributed by atoms with Crippen molar-refractivity contribution in [2.24, 2.45) is 0 Å². The summed E-state index contributed by atoms with van der Waals surface area (Å²) < 4.78 is 0. The lowest BCUT2D eigenvalue weighted by Crippen LogP contribution is -2.22. The molecular weight excluding hydrogens is 306 g/mol. The van der Waals surface area contributed by atoms with E-state index >= 15 is 0 Å². The van der Waals surface area contributed by atoms with Crippen LogP contribution in [0, 0.1) is 13.8 Å². The number of carbonyl (C=O) groups excluding carboxylic acids is 1. The van der Waals surface area contributed by atoms with E-state index in [2.05, 4.69) is 50.2 Å². The van der Waals surface area contributed by atoms with Crippen molar-refractivity contribution in [3.05, 3.63) is 94.0 Å². The first-order chi connectivity index (χ1) is 12.2. The number of nitrogens with zero attached hydrogens (tertiary/aromatic N) is 1. The summed E-state index contributed by atoms with van der Waals surface area (Å²) >= 11 is 0. The van der Waals surface area contributed by atoms with E-state index in [0.29, 0.717) is 6.54 Å². The van der Waals surface area contributed by atoms with Crippen molar-refractivity contribution in [1.82, 2.24) is 4.90 Å². The van der Waals surface area contributed by atoms with Gasteiger partial charge in [-0.05, 0) is 58.9 Å². The van der Waals surface area contributed by atoms with Gasteiger partial charge in [-0.3, -0.25) is 4.79 Å². The van der Waals surface area contributed by atoms with E-state index in [0.717, 1.165) is 11.1 Å². The molecule has 2 nitrogen and oxygen atoms in total. The molecule has 2 aliphatic heterocycles. The van der Waals surface area contributed by atoms with E-state index in [1.165, 1.54) is 33.4 Å². The fourth-order valence-corrected chi connectivity index (χ4v) is 4.43. The minimum absolute atomic E-state index is 0.0704. The second-order valence-electron chi connectivity index (χ2n) is 7.05. The molecule has 1 unspecified atom stereocenters. The second kappa shape index (κ2) is 5.06. The van der Waals surface area contributed by atoms with E-state index < -0.39 is 0 Å². The third-order valence-corrected chi connectivity index (χ3v) is 5.75. The van der Waals surface area contributed by atoms with Crippen LogP contribution in [-0.4, -0.2) is 10.8 Å². The largest absolute Gasteiger partial charge is 0.323 e. The fourth-order valence-electron chi connectivity index (χ4n) is 4.43. The Morgan fingerprint density at radius 2 is 1.64 bits per heavy atom. The Morgan fingerprint density at radius 3 is 2.44 bits per heavy atom. The molecule has 0 saturated carbocycles. The summed E-state index contributed by atoms with van der Waals surface area (Å²) in [7, 11) is 0. The molecule has 0 saturated heterocycles. The van der Waals surface area contributed by atoms with Crippen molar-refractivity contribution >= 4 is 5.91 Å². The van der Waals surface area contributed by atoms with Crippen molar-refractivity contribution in [1.29, 1.82) is 0 Å². The van der Waals surface area contributed by atoms with Crippen molar-refractivity contribution < 1.29 is 4.79 Å². The standard InChI is InChI=1S/C23H19NO/c1-14-12-19(16-8-4-3-5-9-16)20-13-24-22(21(20)15(14)2)17-10-6-7-11-18(17)23(24)25/h3-12,22H,13H2,1-2H3. The van der Waals surface area contributed by atoms with Crippen LogP contribution in [0.4, 0.5) is 0 Å². The SMILES string of the molecule is Cc1cc(-c2ccccc2)c2c(c1C)C1c3ccccc3C(=O)N1C2. The molecule has 0 N–H and O–H groups in total. The third-order valence-electron chi connectivity index (χ3n) is 5.75. The summed E-state index contributed by atoms with van der Waals surface area (Å²) in [5.41, 5.74) is 9.74. The zero-order valence-corrected chi connectivity index (χ0v) is 14.4. The number of fused-ring (bicyclic) bond motifs is 5. The van der Waals surface area contributed by atoms with Gasteiger partial charge in [0.25, 0.3) is 5.91 Å². The summed E-state index contributed by atoms with van der Waals surface area (Å²) in [6, 6.07) is 20.9. The number of amides is 1. The van der Waals surface area contributed by atoms with E-state index in [9.17, 15) is 4.79 Å². The van der Waals surface area contributed by atoms with Gasteiger partial charge >= 0.3 is 0 Å². The van der Waals surface area contributed by atoms with Gasteiger partial charge in [-0.15, -0.1) is 0 Å². The van der Waals surface area contributed by atoms with Crippen molar-refractivity contribution in [2.45, 2.75) is 26.4 Å². The Bertz CT molecular complexity index is 1020. The highest BCUT2D eigenvalue weighted by Crippen LogP contribution is 2.49. The van der Waals surface area contributed by atoms with Crippen molar-refractivity contribution in [2.75, 3.05) is 0 Å². The summed E-state index contributed by atoms with van der Waals surface area (Å²) in [5.74, 6) is 0.160. The van der Waals surface area contributed by atoms with Crippen molar-refractivity contribution in [3.8, 4) is 11.1 Å². The molecule has 1 atom stereocenters. The number of hydrogen-bond donors (Lipinski definition) is 0. The molecule has 0 radical (unpaired) electrons. The fraction of sp³-hybridized carbons (Fsp3) is 0.174. The first kappa shape index (κ1) is 14.5. The lowest BCUT2D eigenvalue weighted by molar-refractivity contribution is 0.0759. The van der Waals surface area contributed by atoms with Gasteiger partial charge in [0.05, 0.1) is 6.04 Å². The topological polar surface area (TPSA) is 20.3 Å². The van der Waals surface area contributed by atoms with Crippen LogP contribution >= 0.6 is 0 Å². The lowest BCUT2D eigenvalue weighted by Gasteiger charge is -2.18. The van der Waals surface area contributed by atoms with Gasteiger partial charge in [-0.25, -0.2) is 0 Å². The molecule has 3 aromatic rings. The van der Waals surface area contributed by atoms with Crippen LogP contribution in [0.2, 0.25) is 0 Å². The van der Waals surface area contributed by atoms with Crippen molar-refractivity contribution in [3.63, 3.8) is 0 Å². The van der Waals surface area contributed by atoms with Gasteiger partial charge in [-0.2, -0.15) is 0 Å². The Hall–Kier alpha value is -2.87. The Morgan fingerprint density at radius 1 is 0.920 bits per heavy atom. The normalized spacial score (nSPS) is 17.4. The zero-order chi connectivity index (χ0) is 17.1. The number of aryl methyl sites for hydroxylation is 1. The van der Waals surface area contributed by atoms with Crippen LogP contribution in [0.5, 0.6) is 0 Å². The van der Waals surface area contributed by atoms with Gasteiger partial charge in [0.2, 0.25) is 0 Å². The van der Waals surface area contributed by atoms with Gasteiger partial charge in [-0.1, -0.05) is 54.6 Å². The maximum atomic E-state index is 12.9. The average molecular weight is 325 g/mol. The van der Waals surface area contributed by atoms with Crippen LogP contribution in [-0.2, 0) is 6.54 Å². The summed E-state index contributed by atoms with van der Waals surface area (Å²) in [6.07, 6.45) is 0. The molecule has 2 aliphatic rings.